The molecule has 32 heavy (non-hydrogen) atoms. The summed E-state index contributed by atoms with van der Waals surface area (Å²) in [5.41, 5.74) is 1.11. The summed E-state index contributed by atoms with van der Waals surface area (Å²) in [5, 5.41) is 3.57. The van der Waals surface area contributed by atoms with Crippen LogP contribution in [0.15, 0.2) is 47.4 Å². The highest BCUT2D eigenvalue weighted by Gasteiger charge is 2.34. The van der Waals surface area contributed by atoms with Gasteiger partial charge in [-0.15, -0.1) is 0 Å². The van der Waals surface area contributed by atoms with Crippen LogP contribution in [0.3, 0.4) is 0 Å². The minimum absolute atomic E-state index is 0.0407. The number of benzene rings is 2. The van der Waals surface area contributed by atoms with Crippen molar-refractivity contribution in [1.82, 2.24) is 14.9 Å². The summed E-state index contributed by atoms with van der Waals surface area (Å²) in [7, 11) is -3.51. The minimum Gasteiger partial charge on any atom is -0.350 e. The van der Waals surface area contributed by atoms with Gasteiger partial charge < -0.3 is 10.2 Å². The van der Waals surface area contributed by atoms with Crippen molar-refractivity contribution in [3.63, 3.8) is 0 Å². The molecule has 2 aliphatic rings. The lowest BCUT2D eigenvalue weighted by molar-refractivity contribution is -0.125. The van der Waals surface area contributed by atoms with Crippen LogP contribution in [0.1, 0.15) is 41.6 Å². The fraction of sp³-hybridized carbons (Fsp3) is 0.364. The van der Waals surface area contributed by atoms with Crippen molar-refractivity contribution in [3.8, 4) is 0 Å². The molecule has 0 bridgehead atoms. The summed E-state index contributed by atoms with van der Waals surface area (Å²) in [6.45, 7) is 0.707. The van der Waals surface area contributed by atoms with E-state index in [0.717, 1.165) is 24.8 Å². The first kappa shape index (κ1) is 23.0. The molecule has 4 rings (SSSR count). The molecule has 1 atom stereocenters. The van der Waals surface area contributed by atoms with Crippen LogP contribution in [0.2, 0.25) is 10.0 Å². The monoisotopic (exact) mass is 495 g/mol. The summed E-state index contributed by atoms with van der Waals surface area (Å²) in [6.07, 6.45) is 3.03. The number of likely N-dealkylation sites (tertiary alicyclic amines) is 1. The van der Waals surface area contributed by atoms with Crippen LogP contribution in [0.25, 0.3) is 0 Å². The Morgan fingerprint density at radius 2 is 1.66 bits per heavy atom. The van der Waals surface area contributed by atoms with Crippen LogP contribution in [-0.4, -0.2) is 43.8 Å². The molecule has 1 saturated heterocycles. The van der Waals surface area contributed by atoms with Gasteiger partial charge in [0, 0.05) is 34.7 Å². The highest BCUT2D eigenvalue weighted by molar-refractivity contribution is 7.89. The maximum Gasteiger partial charge on any atom is 0.254 e. The molecule has 2 amide bonds. The maximum atomic E-state index is 12.9. The molecule has 0 aromatic heterocycles. The maximum absolute atomic E-state index is 12.9. The van der Waals surface area contributed by atoms with Gasteiger partial charge in [-0.2, -0.15) is 0 Å². The van der Waals surface area contributed by atoms with Crippen LogP contribution < -0.4 is 10.0 Å². The fourth-order valence-electron chi connectivity index (χ4n) is 3.71. The molecule has 1 heterocycles. The molecule has 0 radical (unpaired) electrons. The van der Waals surface area contributed by atoms with E-state index in [2.05, 4.69) is 10.0 Å². The molecule has 0 spiro atoms. The van der Waals surface area contributed by atoms with Gasteiger partial charge >= 0.3 is 0 Å². The van der Waals surface area contributed by atoms with Crippen molar-refractivity contribution < 1.29 is 18.0 Å². The second kappa shape index (κ2) is 9.39. The Labute approximate surface area is 197 Å². The molecule has 10 heteroatoms. The Morgan fingerprint density at radius 3 is 2.28 bits per heavy atom. The van der Waals surface area contributed by atoms with E-state index in [9.17, 15) is 18.0 Å². The Kier molecular flexibility index (Phi) is 6.76. The van der Waals surface area contributed by atoms with Gasteiger partial charge in [0.2, 0.25) is 15.9 Å². The number of nitrogens with zero attached hydrogens (tertiary/aromatic N) is 1. The Balaban J connectivity index is 1.37. The molecule has 2 aromatic rings. The van der Waals surface area contributed by atoms with E-state index in [1.807, 2.05) is 0 Å². The van der Waals surface area contributed by atoms with Gasteiger partial charge in [0.25, 0.3) is 5.91 Å². The lowest BCUT2D eigenvalue weighted by Gasteiger charge is -2.24. The normalized spacial score (nSPS) is 18.6. The van der Waals surface area contributed by atoms with Gasteiger partial charge in [-0.3, -0.25) is 9.59 Å². The lowest BCUT2D eigenvalue weighted by atomic mass is 10.1. The number of sulfonamides is 1. The van der Waals surface area contributed by atoms with E-state index in [-0.39, 0.29) is 29.3 Å². The van der Waals surface area contributed by atoms with Crippen LogP contribution in [0.5, 0.6) is 0 Å². The van der Waals surface area contributed by atoms with E-state index in [4.69, 9.17) is 23.2 Å². The Morgan fingerprint density at radius 1 is 1.00 bits per heavy atom. The summed E-state index contributed by atoms with van der Waals surface area (Å²) in [6, 6.07) is 10.5. The molecule has 170 valence electrons. The van der Waals surface area contributed by atoms with Crippen LogP contribution in [-0.2, 0) is 21.4 Å². The highest BCUT2D eigenvalue weighted by Crippen LogP contribution is 2.25. The summed E-state index contributed by atoms with van der Waals surface area (Å²) in [5.74, 6) is -0.541. The number of rotatable bonds is 7. The van der Waals surface area contributed by atoms with Crippen molar-refractivity contribution in [1.29, 1.82) is 0 Å². The molecular formula is C22H23Cl2N3O4S. The molecular weight excluding hydrogens is 473 g/mol. The summed E-state index contributed by atoms with van der Waals surface area (Å²) < 4.78 is 27.2. The van der Waals surface area contributed by atoms with E-state index in [1.165, 1.54) is 29.2 Å². The van der Waals surface area contributed by atoms with Crippen molar-refractivity contribution in [2.45, 2.75) is 49.2 Å². The standard InChI is InChI=1S/C22H23Cl2N3O4S/c23-16-10-15(11-17(24)12-16)22(29)27-9-1-2-20(27)21(28)25-13-14-3-7-19(8-4-14)32(30,31)26-18-5-6-18/h3-4,7-8,10-12,18,20,26H,1-2,5-6,9,13H2,(H,25,28). The van der Waals surface area contributed by atoms with E-state index >= 15 is 0 Å². The first-order chi connectivity index (χ1) is 15.2. The van der Waals surface area contributed by atoms with Crippen molar-refractivity contribution in [3.05, 3.63) is 63.6 Å². The largest absolute Gasteiger partial charge is 0.350 e. The second-order valence-electron chi connectivity index (χ2n) is 8.07. The quantitative estimate of drug-likeness (QED) is 0.615. The minimum atomic E-state index is -3.51. The molecule has 1 aliphatic carbocycles. The zero-order valence-electron chi connectivity index (χ0n) is 17.2. The summed E-state index contributed by atoms with van der Waals surface area (Å²) in [4.78, 5) is 27.4. The average Bonchev–Trinajstić information content (AvgIpc) is 3.41. The van der Waals surface area contributed by atoms with Gasteiger partial charge in [-0.1, -0.05) is 35.3 Å². The predicted octanol–water partition coefficient (Wildman–Crippen LogP) is 3.36. The third kappa shape index (κ3) is 5.43. The molecule has 7 nitrogen and oxygen atoms in total. The van der Waals surface area contributed by atoms with E-state index < -0.39 is 16.1 Å². The third-order valence-electron chi connectivity index (χ3n) is 5.53. The number of hydrogen-bond donors (Lipinski definition) is 2. The molecule has 2 aromatic carbocycles. The van der Waals surface area contributed by atoms with Crippen LogP contribution in [0, 0.1) is 0 Å². The number of carbonyl (C=O) groups excluding carboxylic acids is 2. The van der Waals surface area contributed by atoms with E-state index in [0.29, 0.717) is 28.6 Å². The third-order valence-corrected chi connectivity index (χ3v) is 7.50. The zero-order valence-corrected chi connectivity index (χ0v) is 19.5. The van der Waals surface area contributed by atoms with Crippen molar-refractivity contribution in [2.75, 3.05) is 6.54 Å². The first-order valence-electron chi connectivity index (χ1n) is 10.4. The average molecular weight is 496 g/mol. The van der Waals surface area contributed by atoms with Gasteiger partial charge in [0.05, 0.1) is 4.90 Å². The van der Waals surface area contributed by atoms with Gasteiger partial charge in [-0.05, 0) is 61.6 Å². The Bertz CT molecular complexity index is 1110. The SMILES string of the molecule is O=C(NCc1ccc(S(=O)(=O)NC2CC2)cc1)C1CCCN1C(=O)c1cc(Cl)cc(Cl)c1. The molecule has 1 saturated carbocycles. The summed E-state index contributed by atoms with van der Waals surface area (Å²) >= 11 is 12.0. The van der Waals surface area contributed by atoms with Crippen molar-refractivity contribution >= 4 is 45.0 Å². The second-order valence-corrected chi connectivity index (χ2v) is 10.7. The highest BCUT2D eigenvalue weighted by atomic mass is 35.5. The molecule has 1 aliphatic heterocycles. The van der Waals surface area contributed by atoms with E-state index in [1.54, 1.807) is 18.2 Å². The topological polar surface area (TPSA) is 95.6 Å². The first-order valence-corrected chi connectivity index (χ1v) is 12.6. The number of carbonyl (C=O) groups is 2. The Hall–Kier alpha value is -2.13. The molecule has 1 unspecified atom stereocenters. The smallest absolute Gasteiger partial charge is 0.254 e. The fourth-order valence-corrected chi connectivity index (χ4v) is 5.54. The predicted molar refractivity (Wildman–Crippen MR) is 122 cm³/mol. The number of hydrogen-bond acceptors (Lipinski definition) is 4. The number of halogens is 2. The number of amides is 2. The molecule has 2 N–H and O–H groups in total. The van der Waals surface area contributed by atoms with Gasteiger partial charge in [0.1, 0.15) is 6.04 Å². The zero-order chi connectivity index (χ0) is 22.9. The van der Waals surface area contributed by atoms with Crippen LogP contribution >= 0.6 is 23.2 Å². The molecule has 2 fully saturated rings. The van der Waals surface area contributed by atoms with Crippen LogP contribution in [0.4, 0.5) is 0 Å². The van der Waals surface area contributed by atoms with Gasteiger partial charge in [0.15, 0.2) is 0 Å². The van der Waals surface area contributed by atoms with Crippen molar-refractivity contribution in [2.24, 2.45) is 0 Å². The van der Waals surface area contributed by atoms with Gasteiger partial charge in [-0.25, -0.2) is 13.1 Å². The number of nitrogens with one attached hydrogen (secondary N) is 2. The lowest BCUT2D eigenvalue weighted by Crippen LogP contribution is -2.45.